The van der Waals surface area contributed by atoms with E-state index in [-0.39, 0.29) is 5.41 Å². The van der Waals surface area contributed by atoms with Gasteiger partial charge in [0.15, 0.2) is 0 Å². The Balaban J connectivity index is 1.56. The highest BCUT2D eigenvalue weighted by Crippen LogP contribution is 2.25. The molecule has 1 fully saturated rings. The molecule has 0 atom stereocenters. The third-order valence-electron chi connectivity index (χ3n) is 4.60. The van der Waals surface area contributed by atoms with E-state index in [2.05, 4.69) is 47.8 Å². The highest BCUT2D eigenvalue weighted by molar-refractivity contribution is 5.24. The van der Waals surface area contributed by atoms with Crippen LogP contribution in [0.5, 0.6) is 0 Å². The number of rotatable bonds is 4. The second-order valence-electron chi connectivity index (χ2n) is 7.84. The largest absolute Gasteiger partial charge is 0.296 e. The number of nitrogens with zero attached hydrogens (tertiary/aromatic N) is 5. The Labute approximate surface area is 145 Å². The molecule has 1 aliphatic heterocycles. The first-order valence-corrected chi connectivity index (χ1v) is 8.78. The Kier molecular flexibility index (Phi) is 5.01. The summed E-state index contributed by atoms with van der Waals surface area (Å²) in [5.74, 6) is 0. The Morgan fingerprint density at radius 2 is 1.71 bits per heavy atom. The van der Waals surface area contributed by atoms with Crippen molar-refractivity contribution in [2.24, 2.45) is 7.05 Å². The Bertz CT molecular complexity index is 648. The first-order chi connectivity index (χ1) is 11.4. The summed E-state index contributed by atoms with van der Waals surface area (Å²) in [6.07, 6.45) is 5.99. The van der Waals surface area contributed by atoms with Gasteiger partial charge in [0.25, 0.3) is 0 Å². The molecule has 0 bridgehead atoms. The molecule has 0 spiro atoms. The van der Waals surface area contributed by atoms with E-state index in [0.717, 1.165) is 39.3 Å². The maximum atomic E-state index is 4.69. The zero-order valence-corrected chi connectivity index (χ0v) is 15.4. The van der Waals surface area contributed by atoms with Crippen LogP contribution in [0.2, 0.25) is 0 Å². The van der Waals surface area contributed by atoms with Crippen molar-refractivity contribution in [3.8, 4) is 0 Å². The van der Waals surface area contributed by atoms with Crippen molar-refractivity contribution in [2.75, 3.05) is 26.2 Å². The average Bonchev–Trinajstić information content (AvgIpc) is 2.91. The molecular formula is C19H29N5. The molecule has 3 heterocycles. The molecular weight excluding hydrogens is 298 g/mol. The second kappa shape index (κ2) is 7.03. The zero-order chi connectivity index (χ0) is 17.2. The summed E-state index contributed by atoms with van der Waals surface area (Å²) in [7, 11) is 2.02. The van der Waals surface area contributed by atoms with E-state index >= 15 is 0 Å². The van der Waals surface area contributed by atoms with Gasteiger partial charge in [-0.25, -0.2) is 0 Å². The average molecular weight is 327 g/mol. The molecule has 0 amide bonds. The Hall–Kier alpha value is -1.72. The van der Waals surface area contributed by atoms with Crippen molar-refractivity contribution < 1.29 is 0 Å². The minimum atomic E-state index is 0.0960. The van der Waals surface area contributed by atoms with Crippen LogP contribution in [0, 0.1) is 0 Å². The van der Waals surface area contributed by atoms with Crippen molar-refractivity contribution >= 4 is 0 Å². The van der Waals surface area contributed by atoms with E-state index < -0.39 is 0 Å². The lowest BCUT2D eigenvalue weighted by atomic mass is 9.89. The van der Waals surface area contributed by atoms with Gasteiger partial charge < -0.3 is 0 Å². The van der Waals surface area contributed by atoms with Gasteiger partial charge >= 0.3 is 0 Å². The second-order valence-corrected chi connectivity index (χ2v) is 7.84. The molecule has 0 radical (unpaired) electrons. The van der Waals surface area contributed by atoms with Gasteiger partial charge in [-0.05, 0) is 11.6 Å². The molecule has 1 aliphatic rings. The lowest BCUT2D eigenvalue weighted by Crippen LogP contribution is -2.45. The van der Waals surface area contributed by atoms with E-state index in [4.69, 9.17) is 5.10 Å². The molecule has 5 heteroatoms. The highest BCUT2D eigenvalue weighted by Gasteiger charge is 2.24. The van der Waals surface area contributed by atoms with Gasteiger partial charge in [-0.3, -0.25) is 19.5 Å². The minimum absolute atomic E-state index is 0.0960. The first kappa shape index (κ1) is 17.1. The van der Waals surface area contributed by atoms with Crippen LogP contribution in [0.1, 0.15) is 37.6 Å². The summed E-state index contributed by atoms with van der Waals surface area (Å²) in [5.41, 5.74) is 3.99. The van der Waals surface area contributed by atoms with Crippen LogP contribution in [-0.2, 0) is 25.6 Å². The molecule has 2 aromatic rings. The number of hydrogen-bond acceptors (Lipinski definition) is 4. The molecule has 2 aromatic heterocycles. The first-order valence-electron chi connectivity index (χ1n) is 8.78. The molecule has 0 aliphatic carbocycles. The third kappa shape index (κ3) is 4.22. The molecule has 1 saturated heterocycles. The number of pyridine rings is 1. The van der Waals surface area contributed by atoms with Gasteiger partial charge in [-0.2, -0.15) is 5.10 Å². The quantitative estimate of drug-likeness (QED) is 0.864. The molecule has 3 rings (SSSR count). The standard InChI is InChI=1S/C19H29N5/c1-19(2,3)18-17(14-22(4)21-18)15-24-10-8-23(9-11-24)13-16-6-5-7-20-12-16/h5-7,12,14H,8-11,13,15H2,1-4H3. The van der Waals surface area contributed by atoms with Crippen LogP contribution in [-0.4, -0.2) is 50.7 Å². The van der Waals surface area contributed by atoms with Crippen LogP contribution in [0.4, 0.5) is 0 Å². The van der Waals surface area contributed by atoms with E-state index in [0.29, 0.717) is 0 Å². The highest BCUT2D eigenvalue weighted by atomic mass is 15.3. The molecule has 0 unspecified atom stereocenters. The van der Waals surface area contributed by atoms with Crippen LogP contribution in [0.25, 0.3) is 0 Å². The number of hydrogen-bond donors (Lipinski definition) is 0. The van der Waals surface area contributed by atoms with Crippen molar-refractivity contribution in [3.63, 3.8) is 0 Å². The normalized spacial score (nSPS) is 17.3. The lowest BCUT2D eigenvalue weighted by Gasteiger charge is -2.35. The molecule has 0 N–H and O–H groups in total. The predicted molar refractivity (Wildman–Crippen MR) is 96.7 cm³/mol. The van der Waals surface area contributed by atoms with E-state index in [9.17, 15) is 0 Å². The van der Waals surface area contributed by atoms with E-state index in [1.807, 2.05) is 30.2 Å². The van der Waals surface area contributed by atoms with E-state index in [1.165, 1.54) is 16.8 Å². The minimum Gasteiger partial charge on any atom is -0.296 e. The Morgan fingerprint density at radius 1 is 1.04 bits per heavy atom. The van der Waals surface area contributed by atoms with Crippen molar-refractivity contribution in [2.45, 2.75) is 39.3 Å². The molecule has 0 aromatic carbocycles. The number of aromatic nitrogens is 3. The maximum absolute atomic E-state index is 4.69. The number of piperazine rings is 1. The summed E-state index contributed by atoms with van der Waals surface area (Å²) in [6, 6.07) is 4.17. The van der Waals surface area contributed by atoms with Gasteiger partial charge in [0, 0.05) is 75.9 Å². The zero-order valence-electron chi connectivity index (χ0n) is 15.4. The predicted octanol–water partition coefficient (Wildman–Crippen LogP) is 2.43. The van der Waals surface area contributed by atoms with E-state index in [1.54, 1.807) is 0 Å². The molecule has 5 nitrogen and oxygen atoms in total. The molecule has 130 valence electrons. The van der Waals surface area contributed by atoms with Crippen molar-refractivity contribution in [3.05, 3.63) is 47.5 Å². The van der Waals surface area contributed by atoms with Crippen molar-refractivity contribution in [1.82, 2.24) is 24.6 Å². The SMILES string of the molecule is Cn1cc(CN2CCN(Cc3cccnc3)CC2)c(C(C)(C)C)n1. The summed E-state index contributed by atoms with van der Waals surface area (Å²) < 4.78 is 1.95. The molecule has 0 saturated carbocycles. The summed E-state index contributed by atoms with van der Waals surface area (Å²) in [5, 5.41) is 4.69. The fourth-order valence-electron chi connectivity index (χ4n) is 3.38. The van der Waals surface area contributed by atoms with Gasteiger partial charge in [0.2, 0.25) is 0 Å². The van der Waals surface area contributed by atoms with Gasteiger partial charge in [0.1, 0.15) is 0 Å². The molecule has 24 heavy (non-hydrogen) atoms. The van der Waals surface area contributed by atoms with Crippen molar-refractivity contribution in [1.29, 1.82) is 0 Å². The van der Waals surface area contributed by atoms with Gasteiger partial charge in [-0.15, -0.1) is 0 Å². The fourth-order valence-corrected chi connectivity index (χ4v) is 3.38. The maximum Gasteiger partial charge on any atom is 0.0722 e. The third-order valence-corrected chi connectivity index (χ3v) is 4.60. The van der Waals surface area contributed by atoms with Crippen LogP contribution >= 0.6 is 0 Å². The summed E-state index contributed by atoms with van der Waals surface area (Å²) >= 11 is 0. The van der Waals surface area contributed by atoms with Gasteiger partial charge in [0.05, 0.1) is 5.69 Å². The fraction of sp³-hybridized carbons (Fsp3) is 0.579. The monoisotopic (exact) mass is 327 g/mol. The van der Waals surface area contributed by atoms with Crippen LogP contribution < -0.4 is 0 Å². The number of aryl methyl sites for hydroxylation is 1. The van der Waals surface area contributed by atoms with Crippen LogP contribution in [0.15, 0.2) is 30.7 Å². The summed E-state index contributed by atoms with van der Waals surface area (Å²) in [4.78, 5) is 9.27. The van der Waals surface area contributed by atoms with Gasteiger partial charge in [-0.1, -0.05) is 26.8 Å². The Morgan fingerprint density at radius 3 is 2.29 bits per heavy atom. The topological polar surface area (TPSA) is 37.2 Å². The smallest absolute Gasteiger partial charge is 0.0722 e. The lowest BCUT2D eigenvalue weighted by molar-refractivity contribution is 0.121. The van der Waals surface area contributed by atoms with Crippen LogP contribution in [0.3, 0.4) is 0 Å². The summed E-state index contributed by atoms with van der Waals surface area (Å²) in [6.45, 7) is 13.2.